The Kier molecular flexibility index (Phi) is 3.10. The Labute approximate surface area is 116 Å². The van der Waals surface area contributed by atoms with Gasteiger partial charge in [-0.2, -0.15) is 5.10 Å². The fourth-order valence-electron chi connectivity index (χ4n) is 2.42. The van der Waals surface area contributed by atoms with E-state index >= 15 is 0 Å². The van der Waals surface area contributed by atoms with E-state index in [0.717, 1.165) is 5.56 Å². The first kappa shape index (κ1) is 12.6. The lowest BCUT2D eigenvalue weighted by Gasteiger charge is -2.09. The number of benzene rings is 1. The third-order valence-electron chi connectivity index (χ3n) is 3.36. The molecule has 0 N–H and O–H groups in total. The number of aryl methyl sites for hydroxylation is 1. The summed E-state index contributed by atoms with van der Waals surface area (Å²) in [6.45, 7) is 2.66. The summed E-state index contributed by atoms with van der Waals surface area (Å²) >= 11 is 0. The second-order valence-electron chi connectivity index (χ2n) is 5.01. The van der Waals surface area contributed by atoms with Crippen molar-refractivity contribution >= 4 is 17.5 Å². The van der Waals surface area contributed by atoms with Crippen molar-refractivity contribution in [2.24, 2.45) is 0 Å². The van der Waals surface area contributed by atoms with Crippen LogP contribution < -0.4 is 4.90 Å². The topological polar surface area (TPSA) is 55.2 Å². The summed E-state index contributed by atoms with van der Waals surface area (Å²) in [7, 11) is 0. The number of imide groups is 1. The number of nitrogens with zero attached hydrogens (tertiary/aromatic N) is 3. The van der Waals surface area contributed by atoms with Gasteiger partial charge in [-0.25, -0.2) is 4.90 Å². The molecule has 0 aliphatic carbocycles. The van der Waals surface area contributed by atoms with Crippen LogP contribution in [0.4, 0.5) is 5.69 Å². The Morgan fingerprint density at radius 1 is 1.20 bits per heavy atom. The number of rotatable bonds is 3. The van der Waals surface area contributed by atoms with Crippen LogP contribution in [0.2, 0.25) is 0 Å². The summed E-state index contributed by atoms with van der Waals surface area (Å²) in [5, 5.41) is 4.23. The molecular weight excluding hydrogens is 254 g/mol. The molecule has 3 rings (SSSR count). The highest BCUT2D eigenvalue weighted by molar-refractivity contribution is 6.19. The summed E-state index contributed by atoms with van der Waals surface area (Å²) in [5.74, 6) is -0.296. The maximum absolute atomic E-state index is 11.7. The van der Waals surface area contributed by atoms with Gasteiger partial charge in [-0.3, -0.25) is 14.3 Å². The summed E-state index contributed by atoms with van der Waals surface area (Å²) in [6, 6.07) is 8.16. The average Bonchev–Trinajstić information content (AvgIpc) is 2.97. The van der Waals surface area contributed by atoms with Gasteiger partial charge in [-0.05, 0) is 12.5 Å². The van der Waals surface area contributed by atoms with Gasteiger partial charge in [0.15, 0.2) is 0 Å². The Morgan fingerprint density at radius 3 is 2.65 bits per heavy atom. The molecule has 5 heteroatoms. The maximum Gasteiger partial charge on any atom is 0.234 e. The van der Waals surface area contributed by atoms with E-state index in [1.807, 2.05) is 25.1 Å². The largest absolute Gasteiger partial charge is 0.274 e. The highest BCUT2D eigenvalue weighted by atomic mass is 16.2. The molecule has 1 aromatic carbocycles. The first-order chi connectivity index (χ1) is 9.63. The second kappa shape index (κ2) is 4.92. The van der Waals surface area contributed by atoms with E-state index in [0.29, 0.717) is 25.1 Å². The molecule has 0 unspecified atom stereocenters. The zero-order chi connectivity index (χ0) is 14.1. The van der Waals surface area contributed by atoms with Crippen molar-refractivity contribution in [3.8, 4) is 0 Å². The van der Waals surface area contributed by atoms with Gasteiger partial charge in [-0.1, -0.05) is 29.8 Å². The summed E-state index contributed by atoms with van der Waals surface area (Å²) < 4.78 is 1.74. The Bertz CT molecular complexity index is 659. The predicted octanol–water partition coefficient (Wildman–Crippen LogP) is 1.89. The van der Waals surface area contributed by atoms with E-state index in [9.17, 15) is 9.59 Å². The van der Waals surface area contributed by atoms with E-state index in [1.54, 1.807) is 17.1 Å². The van der Waals surface area contributed by atoms with Crippen LogP contribution >= 0.6 is 0 Å². The van der Waals surface area contributed by atoms with Crippen molar-refractivity contribution in [1.29, 1.82) is 0 Å². The minimum atomic E-state index is -0.148. The van der Waals surface area contributed by atoms with Gasteiger partial charge in [0.05, 0.1) is 18.4 Å². The SMILES string of the molecule is Cc1cccc(Cn2cc(N3C(=O)CCC3=O)cn2)c1. The van der Waals surface area contributed by atoms with E-state index < -0.39 is 0 Å². The minimum Gasteiger partial charge on any atom is -0.274 e. The molecule has 102 valence electrons. The number of hydrogen-bond donors (Lipinski definition) is 0. The quantitative estimate of drug-likeness (QED) is 0.800. The summed E-state index contributed by atoms with van der Waals surface area (Å²) in [6.07, 6.45) is 3.89. The van der Waals surface area contributed by atoms with Crippen LogP contribution in [0, 0.1) is 6.92 Å². The molecule has 0 radical (unpaired) electrons. The van der Waals surface area contributed by atoms with Gasteiger partial charge in [0.2, 0.25) is 11.8 Å². The minimum absolute atomic E-state index is 0.148. The molecular formula is C15H15N3O2. The van der Waals surface area contributed by atoms with Crippen LogP contribution in [0.15, 0.2) is 36.7 Å². The fraction of sp³-hybridized carbons (Fsp3) is 0.267. The highest BCUT2D eigenvalue weighted by Crippen LogP contribution is 2.21. The van der Waals surface area contributed by atoms with Crippen LogP contribution in [0.25, 0.3) is 0 Å². The number of carbonyl (C=O) groups is 2. The van der Waals surface area contributed by atoms with Gasteiger partial charge >= 0.3 is 0 Å². The first-order valence-electron chi connectivity index (χ1n) is 6.57. The summed E-state index contributed by atoms with van der Waals surface area (Å²) in [5.41, 5.74) is 2.89. The molecule has 1 saturated heterocycles. The molecule has 2 heterocycles. The van der Waals surface area contributed by atoms with Crippen molar-refractivity contribution in [3.05, 3.63) is 47.8 Å². The molecule has 0 saturated carbocycles. The van der Waals surface area contributed by atoms with Gasteiger partial charge in [-0.15, -0.1) is 0 Å². The first-order valence-corrected chi connectivity index (χ1v) is 6.57. The van der Waals surface area contributed by atoms with Gasteiger partial charge < -0.3 is 0 Å². The van der Waals surface area contributed by atoms with Gasteiger partial charge in [0.25, 0.3) is 0 Å². The number of hydrogen-bond acceptors (Lipinski definition) is 3. The highest BCUT2D eigenvalue weighted by Gasteiger charge is 2.31. The third kappa shape index (κ3) is 2.34. The molecule has 0 bridgehead atoms. The number of amides is 2. The zero-order valence-electron chi connectivity index (χ0n) is 11.2. The van der Waals surface area contributed by atoms with Crippen LogP contribution in [-0.4, -0.2) is 21.6 Å². The van der Waals surface area contributed by atoms with Crippen molar-refractivity contribution in [3.63, 3.8) is 0 Å². The van der Waals surface area contributed by atoms with Crippen molar-refractivity contribution < 1.29 is 9.59 Å². The fourth-order valence-corrected chi connectivity index (χ4v) is 2.42. The molecule has 1 aromatic heterocycles. The number of carbonyl (C=O) groups excluding carboxylic acids is 2. The third-order valence-corrected chi connectivity index (χ3v) is 3.36. The molecule has 2 aromatic rings. The molecule has 1 fully saturated rings. The van der Waals surface area contributed by atoms with Crippen LogP contribution in [-0.2, 0) is 16.1 Å². The lowest BCUT2D eigenvalue weighted by Crippen LogP contribution is -2.28. The maximum atomic E-state index is 11.7. The summed E-state index contributed by atoms with van der Waals surface area (Å²) in [4.78, 5) is 24.6. The molecule has 0 spiro atoms. The molecule has 1 aliphatic rings. The van der Waals surface area contributed by atoms with E-state index in [-0.39, 0.29) is 11.8 Å². The van der Waals surface area contributed by atoms with Crippen LogP contribution in [0.3, 0.4) is 0 Å². The lowest BCUT2D eigenvalue weighted by molar-refractivity contribution is -0.121. The van der Waals surface area contributed by atoms with E-state index in [4.69, 9.17) is 0 Å². The molecule has 5 nitrogen and oxygen atoms in total. The van der Waals surface area contributed by atoms with Crippen molar-refractivity contribution in [2.45, 2.75) is 26.3 Å². The smallest absolute Gasteiger partial charge is 0.234 e. The van der Waals surface area contributed by atoms with Gasteiger partial charge in [0.1, 0.15) is 0 Å². The predicted molar refractivity (Wildman–Crippen MR) is 74.2 cm³/mol. The van der Waals surface area contributed by atoms with Crippen LogP contribution in [0.5, 0.6) is 0 Å². The number of anilines is 1. The second-order valence-corrected chi connectivity index (χ2v) is 5.01. The van der Waals surface area contributed by atoms with Crippen molar-refractivity contribution in [2.75, 3.05) is 4.90 Å². The van der Waals surface area contributed by atoms with E-state index in [1.165, 1.54) is 10.5 Å². The Morgan fingerprint density at radius 2 is 1.95 bits per heavy atom. The molecule has 0 atom stereocenters. The average molecular weight is 269 g/mol. The standard InChI is InChI=1S/C15H15N3O2/c1-11-3-2-4-12(7-11)9-17-10-13(8-16-17)18-14(19)5-6-15(18)20/h2-4,7-8,10H,5-6,9H2,1H3. The van der Waals surface area contributed by atoms with Crippen LogP contribution in [0.1, 0.15) is 24.0 Å². The lowest BCUT2D eigenvalue weighted by atomic mass is 10.1. The zero-order valence-corrected chi connectivity index (χ0v) is 11.2. The Balaban J connectivity index is 1.80. The Hall–Kier alpha value is -2.43. The monoisotopic (exact) mass is 269 g/mol. The van der Waals surface area contributed by atoms with Gasteiger partial charge in [0, 0.05) is 19.0 Å². The molecule has 2 amide bonds. The molecule has 1 aliphatic heterocycles. The normalized spacial score (nSPS) is 15.2. The molecule has 20 heavy (non-hydrogen) atoms. The van der Waals surface area contributed by atoms with Crippen molar-refractivity contribution in [1.82, 2.24) is 9.78 Å². The number of aromatic nitrogens is 2. The van der Waals surface area contributed by atoms with E-state index in [2.05, 4.69) is 11.2 Å².